The highest BCUT2D eigenvalue weighted by molar-refractivity contribution is 6.32. The normalized spacial score (nSPS) is 12.6. The van der Waals surface area contributed by atoms with Gasteiger partial charge in [0.05, 0.1) is 18.8 Å². The lowest BCUT2D eigenvalue weighted by atomic mass is 10.0. The molecular weight excluding hydrogens is 191 g/mol. The molecule has 0 N–H and O–H groups in total. The summed E-state index contributed by atoms with van der Waals surface area (Å²) in [5, 5.41) is 0.553. The van der Waals surface area contributed by atoms with Crippen molar-refractivity contribution in [3.8, 4) is 5.75 Å². The topological polar surface area (TPSA) is 9.23 Å². The molecule has 1 aromatic carbocycles. The number of hydrogen-bond acceptors (Lipinski definition) is 1. The molecule has 1 aromatic rings. The Bertz CT molecular complexity index is 288. The van der Waals surface area contributed by atoms with Crippen LogP contribution in [0.15, 0.2) is 18.2 Å². The zero-order chi connectivity index (χ0) is 9.84. The zero-order valence-corrected chi connectivity index (χ0v) is 8.44. The zero-order valence-electron chi connectivity index (χ0n) is 7.68. The highest BCUT2D eigenvalue weighted by Gasteiger charge is 2.07. The SMILES string of the molecule is COc1cc(C(C)CF)ccc1Cl. The van der Waals surface area contributed by atoms with Crippen LogP contribution in [0.4, 0.5) is 4.39 Å². The molecule has 0 aromatic heterocycles. The maximum absolute atomic E-state index is 12.3. The van der Waals surface area contributed by atoms with Gasteiger partial charge in [-0.05, 0) is 17.7 Å². The molecule has 72 valence electrons. The van der Waals surface area contributed by atoms with Crippen LogP contribution in [0, 0.1) is 0 Å². The highest BCUT2D eigenvalue weighted by Crippen LogP contribution is 2.28. The number of ether oxygens (including phenoxy) is 1. The Morgan fingerprint density at radius 2 is 2.23 bits per heavy atom. The van der Waals surface area contributed by atoms with Crippen LogP contribution in [0.25, 0.3) is 0 Å². The first-order valence-corrected chi connectivity index (χ1v) is 4.46. The van der Waals surface area contributed by atoms with Crippen molar-refractivity contribution in [2.24, 2.45) is 0 Å². The summed E-state index contributed by atoms with van der Waals surface area (Å²) in [5.41, 5.74) is 0.906. The molecule has 0 radical (unpaired) electrons. The van der Waals surface area contributed by atoms with Gasteiger partial charge in [0.2, 0.25) is 0 Å². The van der Waals surface area contributed by atoms with Crippen LogP contribution < -0.4 is 4.74 Å². The smallest absolute Gasteiger partial charge is 0.137 e. The quantitative estimate of drug-likeness (QED) is 0.730. The Labute approximate surface area is 82.5 Å². The Kier molecular flexibility index (Phi) is 3.55. The van der Waals surface area contributed by atoms with Crippen molar-refractivity contribution in [3.63, 3.8) is 0 Å². The lowest BCUT2D eigenvalue weighted by molar-refractivity contribution is 0.411. The summed E-state index contributed by atoms with van der Waals surface area (Å²) in [6, 6.07) is 5.31. The van der Waals surface area contributed by atoms with Crippen molar-refractivity contribution >= 4 is 11.6 Å². The van der Waals surface area contributed by atoms with Gasteiger partial charge in [0.25, 0.3) is 0 Å². The Morgan fingerprint density at radius 1 is 1.54 bits per heavy atom. The number of benzene rings is 1. The van der Waals surface area contributed by atoms with Gasteiger partial charge in [-0.2, -0.15) is 0 Å². The van der Waals surface area contributed by atoms with E-state index in [0.717, 1.165) is 5.56 Å². The fourth-order valence-corrected chi connectivity index (χ4v) is 1.27. The van der Waals surface area contributed by atoms with Gasteiger partial charge >= 0.3 is 0 Å². The Morgan fingerprint density at radius 3 is 2.77 bits per heavy atom. The van der Waals surface area contributed by atoms with Crippen molar-refractivity contribution in [2.45, 2.75) is 12.8 Å². The van der Waals surface area contributed by atoms with Gasteiger partial charge in [-0.3, -0.25) is 4.39 Å². The van der Waals surface area contributed by atoms with Crippen molar-refractivity contribution in [1.82, 2.24) is 0 Å². The van der Waals surface area contributed by atoms with Crippen LogP contribution in [0.3, 0.4) is 0 Å². The predicted octanol–water partition coefficient (Wildman–Crippen LogP) is 3.42. The summed E-state index contributed by atoms with van der Waals surface area (Å²) in [6.45, 7) is 1.45. The lowest BCUT2D eigenvalue weighted by Crippen LogP contribution is -1.96. The van der Waals surface area contributed by atoms with E-state index in [4.69, 9.17) is 16.3 Å². The van der Waals surface area contributed by atoms with Crippen molar-refractivity contribution < 1.29 is 9.13 Å². The van der Waals surface area contributed by atoms with Gasteiger partial charge in [-0.15, -0.1) is 0 Å². The maximum atomic E-state index is 12.3. The first-order valence-electron chi connectivity index (χ1n) is 4.08. The molecule has 0 heterocycles. The minimum absolute atomic E-state index is 0.105. The molecule has 1 rings (SSSR count). The molecule has 0 fully saturated rings. The largest absolute Gasteiger partial charge is 0.495 e. The Hall–Kier alpha value is -0.760. The molecule has 0 aliphatic heterocycles. The highest BCUT2D eigenvalue weighted by atomic mass is 35.5. The molecule has 1 unspecified atom stereocenters. The molecule has 1 atom stereocenters. The fourth-order valence-electron chi connectivity index (χ4n) is 1.07. The second-order valence-electron chi connectivity index (χ2n) is 2.95. The van der Waals surface area contributed by atoms with Crippen molar-refractivity contribution in [2.75, 3.05) is 13.8 Å². The van der Waals surface area contributed by atoms with Crippen LogP contribution in [0.2, 0.25) is 5.02 Å². The van der Waals surface area contributed by atoms with Gasteiger partial charge in [0.15, 0.2) is 0 Å². The first kappa shape index (κ1) is 10.3. The molecule has 0 spiro atoms. The fraction of sp³-hybridized carbons (Fsp3) is 0.400. The monoisotopic (exact) mass is 202 g/mol. The minimum atomic E-state index is -0.370. The molecule has 1 nitrogen and oxygen atoms in total. The summed E-state index contributed by atoms with van der Waals surface area (Å²) >= 11 is 5.83. The second-order valence-corrected chi connectivity index (χ2v) is 3.36. The van der Waals surface area contributed by atoms with Gasteiger partial charge in [-0.25, -0.2) is 0 Å². The number of halogens is 2. The second kappa shape index (κ2) is 4.47. The Balaban J connectivity index is 2.99. The molecule has 3 heteroatoms. The van der Waals surface area contributed by atoms with Crippen LogP contribution in [-0.4, -0.2) is 13.8 Å². The average Bonchev–Trinajstić information content (AvgIpc) is 2.17. The average molecular weight is 203 g/mol. The first-order chi connectivity index (χ1) is 6.19. The number of alkyl halides is 1. The molecule has 0 aliphatic carbocycles. The molecule has 0 saturated carbocycles. The van der Waals surface area contributed by atoms with E-state index < -0.39 is 0 Å². The molecule has 0 bridgehead atoms. The summed E-state index contributed by atoms with van der Waals surface area (Å²) in [4.78, 5) is 0. The van der Waals surface area contributed by atoms with E-state index in [0.29, 0.717) is 10.8 Å². The van der Waals surface area contributed by atoms with Crippen LogP contribution >= 0.6 is 11.6 Å². The predicted molar refractivity (Wildman–Crippen MR) is 52.4 cm³/mol. The summed E-state index contributed by atoms with van der Waals surface area (Å²) in [6.07, 6.45) is 0. The number of rotatable bonds is 3. The van der Waals surface area contributed by atoms with E-state index in [-0.39, 0.29) is 12.6 Å². The van der Waals surface area contributed by atoms with Gasteiger partial charge in [0, 0.05) is 5.92 Å². The van der Waals surface area contributed by atoms with Gasteiger partial charge in [-0.1, -0.05) is 24.6 Å². The third-order valence-electron chi connectivity index (χ3n) is 1.98. The summed E-state index contributed by atoms with van der Waals surface area (Å²) in [5.74, 6) is 0.491. The van der Waals surface area contributed by atoms with Crippen LogP contribution in [0.5, 0.6) is 5.75 Å². The maximum Gasteiger partial charge on any atom is 0.137 e. The molecule has 0 saturated heterocycles. The van der Waals surface area contributed by atoms with E-state index in [1.165, 1.54) is 0 Å². The molecular formula is C10H12ClFO. The summed E-state index contributed by atoms with van der Waals surface area (Å²) < 4.78 is 17.4. The number of hydrogen-bond donors (Lipinski definition) is 0. The third-order valence-corrected chi connectivity index (χ3v) is 2.29. The van der Waals surface area contributed by atoms with E-state index in [1.807, 2.05) is 13.0 Å². The third kappa shape index (κ3) is 2.34. The van der Waals surface area contributed by atoms with Crippen LogP contribution in [-0.2, 0) is 0 Å². The van der Waals surface area contributed by atoms with E-state index in [1.54, 1.807) is 19.2 Å². The summed E-state index contributed by atoms with van der Waals surface area (Å²) in [7, 11) is 1.55. The van der Waals surface area contributed by atoms with Gasteiger partial charge in [0.1, 0.15) is 5.75 Å². The number of methoxy groups -OCH3 is 1. The van der Waals surface area contributed by atoms with Crippen LogP contribution in [0.1, 0.15) is 18.4 Å². The van der Waals surface area contributed by atoms with E-state index >= 15 is 0 Å². The van der Waals surface area contributed by atoms with Gasteiger partial charge < -0.3 is 4.74 Å². The van der Waals surface area contributed by atoms with E-state index in [9.17, 15) is 4.39 Å². The lowest BCUT2D eigenvalue weighted by Gasteiger charge is -2.09. The van der Waals surface area contributed by atoms with Crippen molar-refractivity contribution in [3.05, 3.63) is 28.8 Å². The van der Waals surface area contributed by atoms with Crippen molar-refractivity contribution in [1.29, 1.82) is 0 Å². The molecule has 13 heavy (non-hydrogen) atoms. The standard InChI is InChI=1S/C10H12ClFO/c1-7(6-12)8-3-4-9(11)10(5-8)13-2/h3-5,7H,6H2,1-2H3. The molecule has 0 amide bonds. The molecule has 0 aliphatic rings. The van der Waals surface area contributed by atoms with E-state index in [2.05, 4.69) is 0 Å². The minimum Gasteiger partial charge on any atom is -0.495 e.